The lowest BCUT2D eigenvalue weighted by atomic mass is 10.5. The Morgan fingerprint density at radius 3 is 3.00 bits per heavy atom. The SMILES string of the molecule is O=CCCn1ccc([N+](=O)[O-])n1. The molecule has 1 heterocycles. The van der Waals surface area contributed by atoms with E-state index in [9.17, 15) is 14.9 Å². The van der Waals surface area contributed by atoms with Crippen LogP contribution in [0.3, 0.4) is 0 Å². The summed E-state index contributed by atoms with van der Waals surface area (Å²) in [6, 6.07) is 1.30. The van der Waals surface area contributed by atoms with Crippen LogP contribution in [0.1, 0.15) is 6.42 Å². The third-order valence-electron chi connectivity index (χ3n) is 1.29. The summed E-state index contributed by atoms with van der Waals surface area (Å²) in [4.78, 5) is 19.5. The number of carbonyl (C=O) groups is 1. The van der Waals surface area contributed by atoms with Crippen LogP contribution in [0.2, 0.25) is 0 Å². The molecule has 0 radical (unpaired) electrons. The molecule has 0 saturated carbocycles. The van der Waals surface area contributed by atoms with Crippen LogP contribution in [0.5, 0.6) is 0 Å². The van der Waals surface area contributed by atoms with Crippen LogP contribution in [0.25, 0.3) is 0 Å². The van der Waals surface area contributed by atoms with Crippen molar-refractivity contribution >= 4 is 12.1 Å². The molecule has 0 saturated heterocycles. The summed E-state index contributed by atoms with van der Waals surface area (Å²) in [5, 5.41) is 13.8. The lowest BCUT2D eigenvalue weighted by Crippen LogP contribution is -1.99. The zero-order chi connectivity index (χ0) is 8.97. The van der Waals surface area contributed by atoms with Crippen LogP contribution in [0.15, 0.2) is 12.3 Å². The Morgan fingerprint density at radius 1 is 1.75 bits per heavy atom. The number of carbonyl (C=O) groups excluding carboxylic acids is 1. The first kappa shape index (κ1) is 8.38. The van der Waals surface area contributed by atoms with Crippen molar-refractivity contribution < 1.29 is 9.72 Å². The number of aldehydes is 1. The van der Waals surface area contributed by atoms with Crippen LogP contribution >= 0.6 is 0 Å². The molecule has 0 N–H and O–H groups in total. The first-order chi connectivity index (χ1) is 5.74. The summed E-state index contributed by atoms with van der Waals surface area (Å²) in [5.74, 6) is -0.194. The van der Waals surface area contributed by atoms with Crippen molar-refractivity contribution in [3.05, 3.63) is 22.4 Å². The van der Waals surface area contributed by atoms with Gasteiger partial charge in [0.05, 0.1) is 23.9 Å². The summed E-state index contributed by atoms with van der Waals surface area (Å²) in [7, 11) is 0. The molecule has 6 heteroatoms. The fourth-order valence-corrected chi connectivity index (χ4v) is 0.758. The minimum Gasteiger partial charge on any atom is -0.358 e. The van der Waals surface area contributed by atoms with Crippen molar-refractivity contribution in [3.8, 4) is 0 Å². The molecular formula is C6H7N3O3. The molecule has 0 spiro atoms. The van der Waals surface area contributed by atoms with Gasteiger partial charge in [-0.1, -0.05) is 0 Å². The zero-order valence-corrected chi connectivity index (χ0v) is 6.21. The Kier molecular flexibility index (Phi) is 2.52. The van der Waals surface area contributed by atoms with Gasteiger partial charge in [-0.25, -0.2) is 0 Å². The third-order valence-corrected chi connectivity index (χ3v) is 1.29. The van der Waals surface area contributed by atoms with Crippen molar-refractivity contribution in [3.63, 3.8) is 0 Å². The van der Waals surface area contributed by atoms with E-state index in [1.807, 2.05) is 0 Å². The molecule has 0 unspecified atom stereocenters. The Hall–Kier alpha value is -1.72. The molecule has 0 aliphatic carbocycles. The van der Waals surface area contributed by atoms with E-state index in [2.05, 4.69) is 5.10 Å². The second-order valence-electron chi connectivity index (χ2n) is 2.15. The van der Waals surface area contributed by atoms with Crippen molar-refractivity contribution in [1.29, 1.82) is 0 Å². The van der Waals surface area contributed by atoms with Gasteiger partial charge in [0.1, 0.15) is 6.29 Å². The number of nitro groups is 1. The van der Waals surface area contributed by atoms with Gasteiger partial charge in [0.2, 0.25) is 0 Å². The molecule has 1 aromatic heterocycles. The summed E-state index contributed by atoms with van der Waals surface area (Å²) >= 11 is 0. The Labute approximate surface area is 67.9 Å². The molecule has 12 heavy (non-hydrogen) atoms. The van der Waals surface area contributed by atoms with Crippen LogP contribution in [0.4, 0.5) is 5.82 Å². The van der Waals surface area contributed by atoms with E-state index in [0.29, 0.717) is 13.0 Å². The van der Waals surface area contributed by atoms with Gasteiger partial charge in [0, 0.05) is 6.42 Å². The number of aryl methyl sites for hydroxylation is 1. The fraction of sp³-hybridized carbons (Fsp3) is 0.333. The molecule has 1 aromatic rings. The van der Waals surface area contributed by atoms with E-state index in [4.69, 9.17) is 0 Å². The highest BCUT2D eigenvalue weighted by Crippen LogP contribution is 2.04. The van der Waals surface area contributed by atoms with E-state index in [1.165, 1.54) is 16.9 Å². The largest absolute Gasteiger partial charge is 0.389 e. The number of hydrogen-bond donors (Lipinski definition) is 0. The molecule has 0 aliphatic rings. The van der Waals surface area contributed by atoms with Gasteiger partial charge in [0.25, 0.3) is 0 Å². The molecule has 0 aliphatic heterocycles. The quantitative estimate of drug-likeness (QED) is 0.371. The van der Waals surface area contributed by atoms with Crippen LogP contribution in [-0.4, -0.2) is 21.0 Å². The highest BCUT2D eigenvalue weighted by molar-refractivity contribution is 5.48. The van der Waals surface area contributed by atoms with E-state index in [-0.39, 0.29) is 5.82 Å². The van der Waals surface area contributed by atoms with E-state index in [1.54, 1.807) is 0 Å². The summed E-state index contributed by atoms with van der Waals surface area (Å²) < 4.78 is 1.37. The zero-order valence-electron chi connectivity index (χ0n) is 6.21. The first-order valence-electron chi connectivity index (χ1n) is 3.35. The van der Waals surface area contributed by atoms with E-state index < -0.39 is 4.92 Å². The van der Waals surface area contributed by atoms with Gasteiger partial charge in [-0.05, 0) is 4.92 Å². The predicted octanol–water partition coefficient (Wildman–Crippen LogP) is 0.380. The average molecular weight is 169 g/mol. The fourth-order valence-electron chi connectivity index (χ4n) is 0.758. The predicted molar refractivity (Wildman–Crippen MR) is 39.6 cm³/mol. The molecule has 64 valence electrons. The monoisotopic (exact) mass is 169 g/mol. The molecule has 0 aromatic carbocycles. The van der Waals surface area contributed by atoms with Crippen molar-refractivity contribution in [1.82, 2.24) is 9.78 Å². The molecular weight excluding hydrogens is 162 g/mol. The van der Waals surface area contributed by atoms with Gasteiger partial charge in [-0.2, -0.15) is 4.68 Å². The van der Waals surface area contributed by atoms with Gasteiger partial charge in [-0.3, -0.25) is 0 Å². The maximum absolute atomic E-state index is 10.1. The summed E-state index contributed by atoms with van der Waals surface area (Å²) in [5.41, 5.74) is 0. The summed E-state index contributed by atoms with van der Waals surface area (Å²) in [6.07, 6.45) is 2.54. The summed E-state index contributed by atoms with van der Waals surface area (Å²) in [6.45, 7) is 0.386. The van der Waals surface area contributed by atoms with E-state index in [0.717, 1.165) is 6.29 Å². The smallest absolute Gasteiger partial charge is 0.358 e. The van der Waals surface area contributed by atoms with Crippen LogP contribution in [0, 0.1) is 10.1 Å². The minimum atomic E-state index is -0.572. The van der Waals surface area contributed by atoms with Gasteiger partial charge in [-0.15, -0.1) is 0 Å². The highest BCUT2D eigenvalue weighted by Gasteiger charge is 2.09. The number of aromatic nitrogens is 2. The Morgan fingerprint density at radius 2 is 2.50 bits per heavy atom. The van der Waals surface area contributed by atoms with Crippen LogP contribution in [-0.2, 0) is 11.3 Å². The van der Waals surface area contributed by atoms with Crippen molar-refractivity contribution in [2.24, 2.45) is 0 Å². The van der Waals surface area contributed by atoms with E-state index >= 15 is 0 Å². The van der Waals surface area contributed by atoms with Crippen molar-refractivity contribution in [2.75, 3.05) is 0 Å². The molecule has 0 atom stereocenters. The Balaban J connectivity index is 2.64. The number of nitrogens with zero attached hydrogens (tertiary/aromatic N) is 3. The third kappa shape index (κ3) is 1.88. The lowest BCUT2D eigenvalue weighted by molar-refractivity contribution is -0.389. The standard InChI is InChI=1S/C6H7N3O3/c10-5-1-3-8-4-2-6(7-8)9(11)12/h2,4-5H,1,3H2. The van der Waals surface area contributed by atoms with Gasteiger partial charge in [0.15, 0.2) is 0 Å². The topological polar surface area (TPSA) is 78.0 Å². The highest BCUT2D eigenvalue weighted by atomic mass is 16.6. The van der Waals surface area contributed by atoms with Gasteiger partial charge >= 0.3 is 5.82 Å². The van der Waals surface area contributed by atoms with Gasteiger partial charge < -0.3 is 14.9 Å². The maximum atomic E-state index is 10.1. The normalized spacial score (nSPS) is 9.67. The average Bonchev–Trinajstić information content (AvgIpc) is 2.48. The molecule has 1 rings (SSSR count). The Bertz CT molecular complexity index is 294. The molecule has 0 bridgehead atoms. The number of rotatable bonds is 4. The second kappa shape index (κ2) is 3.61. The first-order valence-corrected chi connectivity index (χ1v) is 3.35. The lowest BCUT2D eigenvalue weighted by Gasteiger charge is -1.87. The van der Waals surface area contributed by atoms with Crippen LogP contribution < -0.4 is 0 Å². The maximum Gasteiger partial charge on any atom is 0.389 e. The van der Waals surface area contributed by atoms with Crippen molar-refractivity contribution in [2.45, 2.75) is 13.0 Å². The molecule has 0 fully saturated rings. The minimum absolute atomic E-state index is 0.194. The molecule has 0 amide bonds. The number of hydrogen-bond acceptors (Lipinski definition) is 4. The second-order valence-corrected chi connectivity index (χ2v) is 2.15. The molecule has 6 nitrogen and oxygen atoms in total.